The van der Waals surface area contributed by atoms with Crippen molar-refractivity contribution in [2.45, 2.75) is 45.6 Å². The molecule has 2 aromatic rings. The second-order valence-electron chi connectivity index (χ2n) is 7.70. The summed E-state index contributed by atoms with van der Waals surface area (Å²) < 4.78 is 17.1. The molecule has 2 aromatic carbocycles. The van der Waals surface area contributed by atoms with Crippen molar-refractivity contribution < 1.29 is 14.2 Å². The van der Waals surface area contributed by atoms with Gasteiger partial charge in [0.2, 0.25) is 0 Å². The molecule has 33 heavy (non-hydrogen) atoms. The molecular formula is C26H36IN3O3. The van der Waals surface area contributed by atoms with Crippen molar-refractivity contribution in [3.8, 4) is 5.75 Å². The van der Waals surface area contributed by atoms with Crippen molar-refractivity contribution in [2.75, 3.05) is 26.4 Å². The van der Waals surface area contributed by atoms with Crippen LogP contribution in [0.3, 0.4) is 0 Å². The van der Waals surface area contributed by atoms with E-state index in [2.05, 4.69) is 54.5 Å². The molecule has 6 nitrogen and oxygen atoms in total. The molecule has 0 aromatic heterocycles. The van der Waals surface area contributed by atoms with Gasteiger partial charge in [-0.1, -0.05) is 55.1 Å². The summed E-state index contributed by atoms with van der Waals surface area (Å²) in [4.78, 5) is 4.73. The van der Waals surface area contributed by atoms with Gasteiger partial charge in [0.1, 0.15) is 12.4 Å². The van der Waals surface area contributed by atoms with Crippen LogP contribution >= 0.6 is 24.0 Å². The van der Waals surface area contributed by atoms with E-state index in [1.807, 2.05) is 18.2 Å². The Morgan fingerprint density at radius 1 is 1.09 bits per heavy atom. The fraction of sp³-hybridized carbons (Fsp3) is 0.423. The number of benzene rings is 2. The van der Waals surface area contributed by atoms with Gasteiger partial charge in [-0.25, -0.2) is 4.99 Å². The van der Waals surface area contributed by atoms with Gasteiger partial charge < -0.3 is 24.8 Å². The average Bonchev–Trinajstić information content (AvgIpc) is 2.85. The van der Waals surface area contributed by atoms with Crippen LogP contribution in [0.2, 0.25) is 0 Å². The first-order valence-corrected chi connectivity index (χ1v) is 11.4. The van der Waals surface area contributed by atoms with E-state index in [4.69, 9.17) is 19.2 Å². The molecule has 1 fully saturated rings. The quantitative estimate of drug-likeness (QED) is 0.177. The number of hydrogen-bond donors (Lipinski definition) is 2. The third kappa shape index (κ3) is 9.73. The molecule has 1 aliphatic rings. The predicted molar refractivity (Wildman–Crippen MR) is 144 cm³/mol. The maximum atomic E-state index is 6.00. The number of halogens is 1. The molecule has 0 unspecified atom stereocenters. The predicted octanol–water partition coefficient (Wildman–Crippen LogP) is 4.82. The first kappa shape index (κ1) is 27.1. The van der Waals surface area contributed by atoms with E-state index < -0.39 is 0 Å². The van der Waals surface area contributed by atoms with Crippen molar-refractivity contribution in [1.29, 1.82) is 0 Å². The summed E-state index contributed by atoms with van der Waals surface area (Å²) >= 11 is 0. The molecule has 7 heteroatoms. The van der Waals surface area contributed by atoms with Gasteiger partial charge in [0.25, 0.3) is 0 Å². The molecule has 0 amide bonds. The van der Waals surface area contributed by atoms with Crippen LogP contribution < -0.4 is 15.4 Å². The van der Waals surface area contributed by atoms with Crippen LogP contribution in [0.5, 0.6) is 5.75 Å². The summed E-state index contributed by atoms with van der Waals surface area (Å²) in [5, 5.41) is 6.70. The number of hydrogen-bond acceptors (Lipinski definition) is 4. The zero-order valence-electron chi connectivity index (χ0n) is 19.4. The van der Waals surface area contributed by atoms with Crippen molar-refractivity contribution in [1.82, 2.24) is 10.6 Å². The molecule has 180 valence electrons. The van der Waals surface area contributed by atoms with E-state index in [0.29, 0.717) is 32.4 Å². The second kappa shape index (κ2) is 15.7. The summed E-state index contributed by atoms with van der Waals surface area (Å²) in [5.41, 5.74) is 3.42. The SMILES string of the molecule is C=CCOc1ccccc1CNC(=NCc1ccc(COC2CCOCC2)cc1)NCC.I. The molecule has 1 heterocycles. The van der Waals surface area contributed by atoms with Crippen molar-refractivity contribution in [3.63, 3.8) is 0 Å². The van der Waals surface area contributed by atoms with Gasteiger partial charge in [0, 0.05) is 31.9 Å². The van der Waals surface area contributed by atoms with Gasteiger partial charge in [0.15, 0.2) is 5.96 Å². The fourth-order valence-electron chi connectivity index (χ4n) is 3.43. The van der Waals surface area contributed by atoms with E-state index in [9.17, 15) is 0 Å². The summed E-state index contributed by atoms with van der Waals surface area (Å²) in [6.07, 6.45) is 4.03. The summed E-state index contributed by atoms with van der Waals surface area (Å²) in [5.74, 6) is 1.63. The highest BCUT2D eigenvalue weighted by Crippen LogP contribution is 2.18. The maximum Gasteiger partial charge on any atom is 0.191 e. The lowest BCUT2D eigenvalue weighted by Gasteiger charge is -2.22. The zero-order valence-corrected chi connectivity index (χ0v) is 21.8. The van der Waals surface area contributed by atoms with Gasteiger partial charge in [-0.2, -0.15) is 0 Å². The molecular weight excluding hydrogens is 529 g/mol. The van der Waals surface area contributed by atoms with E-state index in [-0.39, 0.29) is 24.0 Å². The van der Waals surface area contributed by atoms with Crippen molar-refractivity contribution in [2.24, 2.45) is 4.99 Å². The summed E-state index contributed by atoms with van der Waals surface area (Å²) in [6.45, 7) is 10.5. The van der Waals surface area contributed by atoms with Gasteiger partial charge in [-0.3, -0.25) is 0 Å². The minimum atomic E-state index is 0. The molecule has 1 aliphatic heterocycles. The van der Waals surface area contributed by atoms with Gasteiger partial charge in [-0.15, -0.1) is 24.0 Å². The minimum Gasteiger partial charge on any atom is -0.489 e. The molecule has 1 saturated heterocycles. The number of ether oxygens (including phenoxy) is 3. The number of rotatable bonds is 11. The Morgan fingerprint density at radius 3 is 2.55 bits per heavy atom. The van der Waals surface area contributed by atoms with Crippen LogP contribution in [0.15, 0.2) is 66.2 Å². The summed E-state index contributed by atoms with van der Waals surface area (Å²) in [6, 6.07) is 16.5. The van der Waals surface area contributed by atoms with E-state index >= 15 is 0 Å². The lowest BCUT2D eigenvalue weighted by molar-refractivity contribution is -0.0390. The molecule has 0 radical (unpaired) electrons. The molecule has 0 aliphatic carbocycles. The summed E-state index contributed by atoms with van der Waals surface area (Å²) in [7, 11) is 0. The largest absolute Gasteiger partial charge is 0.489 e. The standard InChI is InChI=1S/C26H35N3O3.HI/c1-3-15-31-25-8-6-5-7-23(25)19-29-26(27-4-2)28-18-21-9-11-22(12-10-21)20-32-24-13-16-30-17-14-24;/h3,5-12,24H,1,4,13-20H2,2H3,(H2,27,28,29);1H. The smallest absolute Gasteiger partial charge is 0.191 e. The van der Waals surface area contributed by atoms with E-state index in [1.54, 1.807) is 6.08 Å². The minimum absolute atomic E-state index is 0. The maximum absolute atomic E-state index is 6.00. The monoisotopic (exact) mass is 565 g/mol. The lowest BCUT2D eigenvalue weighted by Crippen LogP contribution is -2.36. The van der Waals surface area contributed by atoms with Crippen LogP contribution in [-0.4, -0.2) is 38.4 Å². The third-order valence-corrected chi connectivity index (χ3v) is 5.22. The van der Waals surface area contributed by atoms with Crippen molar-refractivity contribution in [3.05, 3.63) is 77.9 Å². The highest BCUT2D eigenvalue weighted by Gasteiger charge is 2.13. The number of para-hydroxylation sites is 1. The number of guanidine groups is 1. The van der Waals surface area contributed by atoms with E-state index in [0.717, 1.165) is 55.4 Å². The van der Waals surface area contributed by atoms with Crippen molar-refractivity contribution >= 4 is 29.9 Å². The third-order valence-electron chi connectivity index (χ3n) is 5.22. The molecule has 2 N–H and O–H groups in total. The lowest BCUT2D eigenvalue weighted by atomic mass is 10.1. The Morgan fingerprint density at radius 2 is 1.82 bits per heavy atom. The molecule has 3 rings (SSSR count). The van der Waals surface area contributed by atoms with Gasteiger partial charge in [0.05, 0.1) is 19.3 Å². The Hall–Kier alpha value is -2.10. The highest BCUT2D eigenvalue weighted by molar-refractivity contribution is 14.0. The average molecular weight is 565 g/mol. The molecule has 0 atom stereocenters. The first-order valence-electron chi connectivity index (χ1n) is 11.4. The fourth-order valence-corrected chi connectivity index (χ4v) is 3.43. The Labute approximate surface area is 214 Å². The first-order chi connectivity index (χ1) is 15.8. The zero-order chi connectivity index (χ0) is 22.4. The van der Waals surface area contributed by atoms with Crippen LogP contribution in [0, 0.1) is 0 Å². The Kier molecular flexibility index (Phi) is 12.9. The number of nitrogens with one attached hydrogen (secondary N) is 2. The number of nitrogens with zero attached hydrogens (tertiary/aromatic N) is 1. The Balaban J connectivity index is 0.00000385. The van der Waals surface area contributed by atoms with Gasteiger partial charge >= 0.3 is 0 Å². The Bertz CT molecular complexity index is 852. The highest BCUT2D eigenvalue weighted by atomic mass is 127. The topological polar surface area (TPSA) is 64.1 Å². The van der Waals surface area contributed by atoms with Gasteiger partial charge in [-0.05, 0) is 37.0 Å². The van der Waals surface area contributed by atoms with Crippen LogP contribution in [0.4, 0.5) is 0 Å². The molecule has 0 saturated carbocycles. The molecule has 0 spiro atoms. The normalized spacial score (nSPS) is 14.3. The molecule has 0 bridgehead atoms. The second-order valence-corrected chi connectivity index (χ2v) is 7.70. The van der Waals surface area contributed by atoms with Crippen LogP contribution in [-0.2, 0) is 29.2 Å². The number of aliphatic imine (C=N–C) groups is 1. The van der Waals surface area contributed by atoms with Crippen LogP contribution in [0.25, 0.3) is 0 Å². The van der Waals surface area contributed by atoms with Crippen LogP contribution in [0.1, 0.15) is 36.5 Å². The van der Waals surface area contributed by atoms with E-state index in [1.165, 1.54) is 5.56 Å².